The van der Waals surface area contributed by atoms with Gasteiger partial charge < -0.3 is 19.2 Å². The number of ether oxygens (including phenoxy) is 2. The molecule has 148 valence electrons. The van der Waals surface area contributed by atoms with Crippen LogP contribution in [0.15, 0.2) is 83.3 Å². The first-order valence-electron chi connectivity index (χ1n) is 9.29. The summed E-state index contributed by atoms with van der Waals surface area (Å²) >= 11 is 5.26. The fourth-order valence-corrected chi connectivity index (χ4v) is 3.41. The molecule has 5 rings (SSSR count). The van der Waals surface area contributed by atoms with Crippen LogP contribution >= 0.6 is 12.2 Å². The number of benzene rings is 3. The average molecular weight is 416 g/mol. The largest absolute Gasteiger partial charge is 0.451 e. The second-order valence-electron chi connectivity index (χ2n) is 6.70. The van der Waals surface area contributed by atoms with Crippen LogP contribution in [-0.2, 0) is 0 Å². The number of carbonyl (C=O) groups is 1. The molecule has 0 saturated heterocycles. The average Bonchev–Trinajstić information content (AvgIpc) is 3.38. The lowest BCUT2D eigenvalue weighted by molar-refractivity contribution is 0.0487. The molecule has 0 fully saturated rings. The van der Waals surface area contributed by atoms with Crippen LogP contribution in [0.1, 0.15) is 22.4 Å². The van der Waals surface area contributed by atoms with E-state index in [0.717, 1.165) is 10.9 Å². The lowest BCUT2D eigenvalue weighted by atomic mass is 10.2. The standard InChI is InChI=1S/C23H16N2O4S/c26-21(20-12-15-8-4-5-9-17(15)27-20)25-23(30)24-16-10-11-18-19(13-16)29-22(28-18)14-6-2-1-3-7-14/h1-13,22H,(H2,24,25,26,30). The third-order valence-electron chi connectivity index (χ3n) is 4.62. The van der Waals surface area contributed by atoms with Crippen molar-refractivity contribution in [3.8, 4) is 11.5 Å². The van der Waals surface area contributed by atoms with Crippen molar-refractivity contribution in [1.82, 2.24) is 5.32 Å². The molecule has 1 aliphatic rings. The number of amides is 1. The van der Waals surface area contributed by atoms with E-state index >= 15 is 0 Å². The molecule has 3 aromatic carbocycles. The molecular weight excluding hydrogens is 400 g/mol. The van der Waals surface area contributed by atoms with Crippen molar-refractivity contribution in [2.24, 2.45) is 0 Å². The zero-order valence-corrected chi connectivity index (χ0v) is 16.4. The van der Waals surface area contributed by atoms with Crippen LogP contribution in [0.3, 0.4) is 0 Å². The van der Waals surface area contributed by atoms with E-state index < -0.39 is 12.2 Å². The Morgan fingerprint density at radius 1 is 0.867 bits per heavy atom. The number of rotatable bonds is 3. The number of hydrogen-bond donors (Lipinski definition) is 2. The van der Waals surface area contributed by atoms with E-state index in [-0.39, 0.29) is 10.9 Å². The van der Waals surface area contributed by atoms with E-state index in [1.165, 1.54) is 0 Å². The van der Waals surface area contributed by atoms with E-state index in [2.05, 4.69) is 10.6 Å². The van der Waals surface area contributed by atoms with E-state index in [4.69, 9.17) is 26.1 Å². The van der Waals surface area contributed by atoms with Crippen LogP contribution in [0.25, 0.3) is 11.0 Å². The summed E-state index contributed by atoms with van der Waals surface area (Å²) in [6.07, 6.45) is -0.490. The number of nitrogens with one attached hydrogen (secondary N) is 2. The van der Waals surface area contributed by atoms with E-state index in [1.807, 2.05) is 48.5 Å². The van der Waals surface area contributed by atoms with Crippen LogP contribution in [0.4, 0.5) is 5.69 Å². The molecule has 2 heterocycles. The van der Waals surface area contributed by atoms with Gasteiger partial charge in [-0.3, -0.25) is 10.1 Å². The van der Waals surface area contributed by atoms with Crippen LogP contribution in [-0.4, -0.2) is 11.0 Å². The number of fused-ring (bicyclic) bond motifs is 2. The minimum absolute atomic E-state index is 0.152. The third kappa shape index (κ3) is 3.58. The molecule has 0 bridgehead atoms. The molecule has 0 aliphatic carbocycles. The Bertz CT molecular complexity index is 1220. The SMILES string of the molecule is O=C(NC(=S)Nc1ccc2c(c1)OC(c1ccccc1)O2)c1cc2ccccc2o1. The Labute approximate surface area is 177 Å². The van der Waals surface area contributed by atoms with Gasteiger partial charge in [-0.2, -0.15) is 0 Å². The summed E-state index contributed by atoms with van der Waals surface area (Å²) in [6.45, 7) is 0. The molecule has 1 aliphatic heterocycles. The van der Waals surface area contributed by atoms with E-state index in [0.29, 0.717) is 22.8 Å². The quantitative estimate of drug-likeness (QED) is 0.457. The Hall–Kier alpha value is -3.84. The molecular formula is C23H16N2O4S. The van der Waals surface area contributed by atoms with Crippen LogP contribution < -0.4 is 20.1 Å². The molecule has 1 unspecified atom stereocenters. The normalized spacial score (nSPS) is 14.5. The van der Waals surface area contributed by atoms with Gasteiger partial charge in [0.15, 0.2) is 22.4 Å². The van der Waals surface area contributed by atoms with Gasteiger partial charge in [-0.1, -0.05) is 48.5 Å². The van der Waals surface area contributed by atoms with E-state index in [1.54, 1.807) is 30.3 Å². The van der Waals surface area contributed by atoms with Gasteiger partial charge in [-0.05, 0) is 36.5 Å². The van der Waals surface area contributed by atoms with Gasteiger partial charge in [0.2, 0.25) is 0 Å². The van der Waals surface area contributed by atoms with Crippen molar-refractivity contribution in [3.63, 3.8) is 0 Å². The number of hydrogen-bond acceptors (Lipinski definition) is 5. The zero-order valence-electron chi connectivity index (χ0n) is 15.6. The summed E-state index contributed by atoms with van der Waals surface area (Å²) in [5, 5.41) is 6.61. The molecule has 4 aromatic rings. The monoisotopic (exact) mass is 416 g/mol. The fourth-order valence-electron chi connectivity index (χ4n) is 3.20. The van der Waals surface area contributed by atoms with Crippen LogP contribution in [0.2, 0.25) is 0 Å². The molecule has 30 heavy (non-hydrogen) atoms. The summed E-state index contributed by atoms with van der Waals surface area (Å²) in [5.41, 5.74) is 2.24. The molecule has 0 radical (unpaired) electrons. The highest BCUT2D eigenvalue weighted by atomic mass is 32.1. The first-order chi connectivity index (χ1) is 14.7. The maximum absolute atomic E-state index is 12.4. The Balaban J connectivity index is 1.24. The summed E-state index contributed by atoms with van der Waals surface area (Å²) in [7, 11) is 0. The molecule has 1 aromatic heterocycles. The topological polar surface area (TPSA) is 72.7 Å². The van der Waals surface area contributed by atoms with Gasteiger partial charge in [0.25, 0.3) is 12.2 Å². The number of anilines is 1. The van der Waals surface area contributed by atoms with Crippen LogP contribution in [0, 0.1) is 0 Å². The second kappa shape index (κ2) is 7.53. The Morgan fingerprint density at radius 3 is 2.47 bits per heavy atom. The van der Waals surface area contributed by atoms with Crippen molar-refractivity contribution in [2.45, 2.75) is 6.29 Å². The molecule has 7 heteroatoms. The molecule has 0 spiro atoms. The third-order valence-corrected chi connectivity index (χ3v) is 4.82. The van der Waals surface area contributed by atoms with Crippen molar-refractivity contribution in [2.75, 3.05) is 5.32 Å². The predicted molar refractivity (Wildman–Crippen MR) is 117 cm³/mol. The maximum Gasteiger partial charge on any atom is 0.293 e. The summed E-state index contributed by atoms with van der Waals surface area (Å²) in [5.74, 6) is 1.01. The highest BCUT2D eigenvalue weighted by Crippen LogP contribution is 2.41. The van der Waals surface area contributed by atoms with E-state index in [9.17, 15) is 4.79 Å². The van der Waals surface area contributed by atoms with Gasteiger partial charge in [0, 0.05) is 22.7 Å². The minimum Gasteiger partial charge on any atom is -0.451 e. The van der Waals surface area contributed by atoms with Crippen molar-refractivity contribution in [3.05, 3.63) is 90.2 Å². The molecule has 6 nitrogen and oxygen atoms in total. The minimum atomic E-state index is -0.490. The maximum atomic E-state index is 12.4. The smallest absolute Gasteiger partial charge is 0.293 e. The Morgan fingerprint density at radius 2 is 1.63 bits per heavy atom. The second-order valence-corrected chi connectivity index (χ2v) is 7.10. The van der Waals surface area contributed by atoms with Gasteiger partial charge in [-0.25, -0.2) is 0 Å². The molecule has 1 atom stereocenters. The summed E-state index contributed by atoms with van der Waals surface area (Å²) in [4.78, 5) is 12.4. The fraction of sp³-hybridized carbons (Fsp3) is 0.0435. The summed E-state index contributed by atoms with van der Waals surface area (Å²) < 4.78 is 17.3. The number of carbonyl (C=O) groups excluding carboxylic acids is 1. The van der Waals surface area contributed by atoms with Crippen molar-refractivity contribution in [1.29, 1.82) is 0 Å². The highest BCUT2D eigenvalue weighted by molar-refractivity contribution is 7.80. The van der Waals surface area contributed by atoms with Crippen LogP contribution in [0.5, 0.6) is 11.5 Å². The van der Waals surface area contributed by atoms with Gasteiger partial charge in [-0.15, -0.1) is 0 Å². The first-order valence-corrected chi connectivity index (χ1v) is 9.70. The van der Waals surface area contributed by atoms with Crippen molar-refractivity contribution >= 4 is 39.9 Å². The lowest BCUT2D eigenvalue weighted by Gasteiger charge is -2.10. The summed E-state index contributed by atoms with van der Waals surface area (Å²) in [6, 6.07) is 24.2. The van der Waals surface area contributed by atoms with Gasteiger partial charge in [0.1, 0.15) is 5.58 Å². The first kappa shape index (κ1) is 18.2. The highest BCUT2D eigenvalue weighted by Gasteiger charge is 2.26. The lowest BCUT2D eigenvalue weighted by Crippen LogP contribution is -2.33. The number of thiocarbonyl (C=S) groups is 1. The van der Waals surface area contributed by atoms with Gasteiger partial charge >= 0.3 is 0 Å². The number of para-hydroxylation sites is 1. The van der Waals surface area contributed by atoms with Gasteiger partial charge in [0.05, 0.1) is 0 Å². The number of furan rings is 1. The predicted octanol–water partition coefficient (Wildman–Crippen LogP) is 5.03. The zero-order chi connectivity index (χ0) is 20.5. The molecule has 1 amide bonds. The molecule has 0 saturated carbocycles. The Kier molecular flexibility index (Phi) is 4.57. The molecule has 2 N–H and O–H groups in total. The van der Waals surface area contributed by atoms with Crippen molar-refractivity contribution < 1.29 is 18.7 Å².